The highest BCUT2D eigenvalue weighted by molar-refractivity contribution is 5.53. The lowest BCUT2D eigenvalue weighted by Gasteiger charge is -2.10. The maximum Gasteiger partial charge on any atom is 0.0965 e. The van der Waals surface area contributed by atoms with Crippen LogP contribution in [-0.2, 0) is 11.8 Å². The molecule has 0 saturated heterocycles. The van der Waals surface area contributed by atoms with Gasteiger partial charge in [0.1, 0.15) is 0 Å². The van der Waals surface area contributed by atoms with E-state index in [9.17, 15) is 0 Å². The van der Waals surface area contributed by atoms with Crippen molar-refractivity contribution in [3.05, 3.63) is 23.5 Å². The fourth-order valence-corrected chi connectivity index (χ4v) is 1.54. The van der Waals surface area contributed by atoms with E-state index in [1.165, 1.54) is 0 Å². The van der Waals surface area contributed by atoms with E-state index in [0.717, 1.165) is 17.0 Å². The molecule has 3 nitrogen and oxygen atoms in total. The zero-order valence-corrected chi connectivity index (χ0v) is 8.66. The Morgan fingerprint density at radius 3 is 2.69 bits per heavy atom. The first-order valence-corrected chi connectivity index (χ1v) is 4.30. The Morgan fingerprint density at radius 2 is 2.23 bits per heavy atom. The quantitative estimate of drug-likeness (QED) is 0.712. The molecule has 72 valence electrons. The highest BCUT2D eigenvalue weighted by Crippen LogP contribution is 2.23. The van der Waals surface area contributed by atoms with Crippen LogP contribution in [0.25, 0.3) is 6.08 Å². The molecule has 0 aliphatic rings. The number of methoxy groups -OCH3 is 1. The van der Waals surface area contributed by atoms with Crippen LogP contribution < -0.4 is 0 Å². The van der Waals surface area contributed by atoms with Gasteiger partial charge < -0.3 is 4.74 Å². The summed E-state index contributed by atoms with van der Waals surface area (Å²) in [7, 11) is 3.62. The van der Waals surface area contributed by atoms with E-state index in [0.29, 0.717) is 0 Å². The van der Waals surface area contributed by atoms with Crippen molar-refractivity contribution in [2.75, 3.05) is 7.11 Å². The largest absolute Gasteiger partial charge is 0.375 e. The van der Waals surface area contributed by atoms with Gasteiger partial charge in [0, 0.05) is 19.7 Å². The van der Waals surface area contributed by atoms with E-state index >= 15 is 0 Å². The SMILES string of the molecule is C=Cc1c(C)nn(C)c1C(C)OC. The Kier molecular flexibility index (Phi) is 2.88. The minimum atomic E-state index is 0.0548. The third-order valence-electron chi connectivity index (χ3n) is 2.26. The number of hydrogen-bond acceptors (Lipinski definition) is 2. The van der Waals surface area contributed by atoms with Crippen LogP contribution >= 0.6 is 0 Å². The first-order chi connectivity index (χ1) is 6.11. The second-order valence-electron chi connectivity index (χ2n) is 3.09. The topological polar surface area (TPSA) is 27.1 Å². The van der Waals surface area contributed by atoms with E-state index in [4.69, 9.17) is 4.74 Å². The minimum absolute atomic E-state index is 0.0548. The number of nitrogens with zero attached hydrogens (tertiary/aromatic N) is 2. The van der Waals surface area contributed by atoms with Gasteiger partial charge in [0.05, 0.1) is 17.5 Å². The van der Waals surface area contributed by atoms with Gasteiger partial charge in [-0.25, -0.2) is 0 Å². The second-order valence-corrected chi connectivity index (χ2v) is 3.09. The number of aromatic nitrogens is 2. The molecule has 1 aromatic heterocycles. The summed E-state index contributed by atoms with van der Waals surface area (Å²) in [5, 5.41) is 4.32. The lowest BCUT2D eigenvalue weighted by molar-refractivity contribution is 0.112. The molecule has 0 radical (unpaired) electrons. The van der Waals surface area contributed by atoms with Gasteiger partial charge in [0.2, 0.25) is 0 Å². The molecule has 0 spiro atoms. The molecule has 1 atom stereocenters. The standard InChI is InChI=1S/C10H16N2O/c1-6-9-7(2)11-12(4)10(9)8(3)13-5/h6,8H,1H2,2-5H3. The van der Waals surface area contributed by atoms with Gasteiger partial charge in [0.25, 0.3) is 0 Å². The second kappa shape index (κ2) is 3.75. The smallest absolute Gasteiger partial charge is 0.0965 e. The van der Waals surface area contributed by atoms with E-state index < -0.39 is 0 Å². The van der Waals surface area contributed by atoms with Crippen molar-refractivity contribution < 1.29 is 4.74 Å². The van der Waals surface area contributed by atoms with Crippen molar-refractivity contribution >= 4 is 6.08 Å². The molecule has 0 aromatic carbocycles. The molecule has 13 heavy (non-hydrogen) atoms. The Hall–Kier alpha value is -1.09. The average Bonchev–Trinajstić information content (AvgIpc) is 2.39. The van der Waals surface area contributed by atoms with E-state index in [-0.39, 0.29) is 6.10 Å². The Morgan fingerprint density at radius 1 is 1.62 bits per heavy atom. The van der Waals surface area contributed by atoms with Crippen molar-refractivity contribution in [3.63, 3.8) is 0 Å². The van der Waals surface area contributed by atoms with Gasteiger partial charge in [-0.1, -0.05) is 12.7 Å². The van der Waals surface area contributed by atoms with Crippen LogP contribution in [0.15, 0.2) is 6.58 Å². The highest BCUT2D eigenvalue weighted by Gasteiger charge is 2.15. The van der Waals surface area contributed by atoms with E-state index in [1.54, 1.807) is 7.11 Å². The molecule has 3 heteroatoms. The lowest BCUT2D eigenvalue weighted by atomic mass is 10.1. The minimum Gasteiger partial charge on any atom is -0.375 e. The summed E-state index contributed by atoms with van der Waals surface area (Å²) < 4.78 is 7.11. The van der Waals surface area contributed by atoms with Crippen LogP contribution in [0.3, 0.4) is 0 Å². The van der Waals surface area contributed by atoms with Gasteiger partial charge in [0.15, 0.2) is 0 Å². The van der Waals surface area contributed by atoms with Crippen LogP contribution in [0.5, 0.6) is 0 Å². The molecule has 1 rings (SSSR count). The number of ether oxygens (including phenoxy) is 1. The molecule has 0 fully saturated rings. The summed E-state index contributed by atoms with van der Waals surface area (Å²) in [6.07, 6.45) is 1.88. The number of rotatable bonds is 3. The fraction of sp³-hybridized carbons (Fsp3) is 0.500. The highest BCUT2D eigenvalue weighted by atomic mass is 16.5. The fourth-order valence-electron chi connectivity index (χ4n) is 1.54. The maximum absolute atomic E-state index is 5.26. The van der Waals surface area contributed by atoms with Gasteiger partial charge in [-0.15, -0.1) is 0 Å². The third kappa shape index (κ3) is 1.65. The summed E-state index contributed by atoms with van der Waals surface area (Å²) in [5.74, 6) is 0. The molecule has 0 amide bonds. The van der Waals surface area contributed by atoms with Crippen molar-refractivity contribution in [3.8, 4) is 0 Å². The molecule has 0 N–H and O–H groups in total. The monoisotopic (exact) mass is 180 g/mol. The van der Waals surface area contributed by atoms with E-state index in [1.807, 2.05) is 31.7 Å². The normalized spacial score (nSPS) is 12.9. The lowest BCUT2D eigenvalue weighted by Crippen LogP contribution is -2.05. The van der Waals surface area contributed by atoms with Gasteiger partial charge in [-0.05, 0) is 13.8 Å². The summed E-state index contributed by atoms with van der Waals surface area (Å²) >= 11 is 0. The summed E-state index contributed by atoms with van der Waals surface area (Å²) in [4.78, 5) is 0. The van der Waals surface area contributed by atoms with Crippen LogP contribution in [0.4, 0.5) is 0 Å². The van der Waals surface area contributed by atoms with Crippen LogP contribution in [-0.4, -0.2) is 16.9 Å². The molecule has 1 heterocycles. The predicted molar refractivity (Wildman–Crippen MR) is 53.5 cm³/mol. The molecule has 1 unspecified atom stereocenters. The number of hydrogen-bond donors (Lipinski definition) is 0. The first kappa shape index (κ1) is 9.99. The van der Waals surface area contributed by atoms with Crippen LogP contribution in [0, 0.1) is 6.92 Å². The molecular formula is C10H16N2O. The zero-order valence-electron chi connectivity index (χ0n) is 8.66. The van der Waals surface area contributed by atoms with Crippen molar-refractivity contribution in [1.82, 2.24) is 9.78 Å². The van der Waals surface area contributed by atoms with Crippen LogP contribution in [0.1, 0.15) is 30.0 Å². The average molecular weight is 180 g/mol. The Bertz CT molecular complexity index is 315. The van der Waals surface area contributed by atoms with Gasteiger partial charge in [-0.2, -0.15) is 5.10 Å². The van der Waals surface area contributed by atoms with Crippen LogP contribution in [0.2, 0.25) is 0 Å². The summed E-state index contributed by atoms with van der Waals surface area (Å²) in [6, 6.07) is 0. The molecule has 0 aliphatic carbocycles. The summed E-state index contributed by atoms with van der Waals surface area (Å²) in [5.41, 5.74) is 3.16. The molecule has 0 bridgehead atoms. The van der Waals surface area contributed by atoms with Crippen molar-refractivity contribution in [2.45, 2.75) is 20.0 Å². The van der Waals surface area contributed by atoms with Gasteiger partial charge >= 0.3 is 0 Å². The maximum atomic E-state index is 5.26. The van der Waals surface area contributed by atoms with Crippen molar-refractivity contribution in [1.29, 1.82) is 0 Å². The third-order valence-corrected chi connectivity index (χ3v) is 2.26. The van der Waals surface area contributed by atoms with Crippen molar-refractivity contribution in [2.24, 2.45) is 7.05 Å². The molecule has 1 aromatic rings. The number of aryl methyl sites for hydroxylation is 2. The summed E-state index contributed by atoms with van der Waals surface area (Å²) in [6.45, 7) is 7.75. The van der Waals surface area contributed by atoms with E-state index in [2.05, 4.69) is 11.7 Å². The Balaban J connectivity index is 3.24. The molecule has 0 aliphatic heterocycles. The Labute approximate surface area is 79.0 Å². The molecule has 0 saturated carbocycles. The predicted octanol–water partition coefficient (Wildman–Crippen LogP) is 2.08. The molecular weight excluding hydrogens is 164 g/mol. The zero-order chi connectivity index (χ0) is 10.0. The van der Waals surface area contributed by atoms with Gasteiger partial charge in [-0.3, -0.25) is 4.68 Å². The first-order valence-electron chi connectivity index (χ1n) is 4.30.